The van der Waals surface area contributed by atoms with Crippen LogP contribution in [-0.2, 0) is 0 Å². The predicted molar refractivity (Wildman–Crippen MR) is 102 cm³/mol. The zero-order chi connectivity index (χ0) is 18.0. The van der Waals surface area contributed by atoms with Crippen molar-refractivity contribution >= 4 is 11.6 Å². The summed E-state index contributed by atoms with van der Waals surface area (Å²) in [7, 11) is 1.63. The third-order valence-electron chi connectivity index (χ3n) is 5.46. The molecule has 1 aromatic heterocycles. The fraction of sp³-hybridized carbons (Fsp3) is 0.600. The van der Waals surface area contributed by atoms with Gasteiger partial charge in [-0.15, -0.1) is 0 Å². The third-order valence-corrected chi connectivity index (χ3v) is 5.46. The van der Waals surface area contributed by atoms with Crippen LogP contribution in [0.4, 0.5) is 5.69 Å². The van der Waals surface area contributed by atoms with Crippen LogP contribution in [0, 0.1) is 5.41 Å². The third kappa shape index (κ3) is 4.03. The van der Waals surface area contributed by atoms with Gasteiger partial charge in [-0.05, 0) is 30.4 Å². The standard InChI is InChI=1S/C20H30N4O/c1-20(2,3)15-5-6-16(13-15)23-9-11-24(12-10-23)17-7-8-18(22-14-17)19(25)21-4/h5,7-8,14,16H,6,9-13H2,1-4H3,(H,21,25). The molecule has 0 radical (unpaired) electrons. The van der Waals surface area contributed by atoms with Gasteiger partial charge in [-0.25, -0.2) is 4.98 Å². The first-order chi connectivity index (χ1) is 11.9. The van der Waals surface area contributed by atoms with Crippen molar-refractivity contribution in [1.82, 2.24) is 15.2 Å². The Bertz CT molecular complexity index is 637. The molecule has 0 saturated carbocycles. The summed E-state index contributed by atoms with van der Waals surface area (Å²) in [5.74, 6) is -0.139. The van der Waals surface area contributed by atoms with E-state index in [0.29, 0.717) is 17.2 Å². The number of rotatable bonds is 3. The molecular weight excluding hydrogens is 312 g/mol. The Morgan fingerprint density at radius 1 is 1.20 bits per heavy atom. The minimum absolute atomic E-state index is 0.139. The van der Waals surface area contributed by atoms with E-state index in [1.54, 1.807) is 18.7 Å². The molecule has 1 unspecified atom stereocenters. The molecule has 1 aliphatic carbocycles. The number of carbonyl (C=O) groups is 1. The van der Waals surface area contributed by atoms with Crippen LogP contribution in [0.15, 0.2) is 30.0 Å². The summed E-state index contributed by atoms with van der Waals surface area (Å²) in [6.07, 6.45) is 6.67. The summed E-state index contributed by atoms with van der Waals surface area (Å²) < 4.78 is 0. The summed E-state index contributed by atoms with van der Waals surface area (Å²) in [6, 6.07) is 4.48. The second-order valence-corrected chi connectivity index (χ2v) is 8.08. The van der Waals surface area contributed by atoms with Crippen LogP contribution < -0.4 is 10.2 Å². The van der Waals surface area contributed by atoms with Gasteiger partial charge in [0.1, 0.15) is 5.69 Å². The number of hydrogen-bond acceptors (Lipinski definition) is 4. The van der Waals surface area contributed by atoms with E-state index >= 15 is 0 Å². The Labute approximate surface area is 151 Å². The Balaban J connectivity index is 1.53. The minimum Gasteiger partial charge on any atom is -0.368 e. The lowest BCUT2D eigenvalue weighted by molar-refractivity contribution is 0.0958. The highest BCUT2D eigenvalue weighted by Gasteiger charge is 2.30. The lowest BCUT2D eigenvalue weighted by atomic mass is 9.85. The van der Waals surface area contributed by atoms with Crippen LogP contribution in [0.3, 0.4) is 0 Å². The molecule has 2 heterocycles. The van der Waals surface area contributed by atoms with Gasteiger partial charge < -0.3 is 10.2 Å². The van der Waals surface area contributed by atoms with Crippen molar-refractivity contribution < 1.29 is 4.79 Å². The van der Waals surface area contributed by atoms with Crippen molar-refractivity contribution in [3.8, 4) is 0 Å². The molecule has 1 N–H and O–H groups in total. The lowest BCUT2D eigenvalue weighted by Gasteiger charge is -2.39. The van der Waals surface area contributed by atoms with Crippen molar-refractivity contribution in [3.05, 3.63) is 35.7 Å². The SMILES string of the molecule is CNC(=O)c1ccc(N2CCN(C3CC=C(C(C)(C)C)C3)CC2)cn1. The maximum atomic E-state index is 11.6. The quantitative estimate of drug-likeness (QED) is 0.858. The lowest BCUT2D eigenvalue weighted by Crippen LogP contribution is -2.50. The molecule has 3 rings (SSSR count). The zero-order valence-electron chi connectivity index (χ0n) is 15.9. The summed E-state index contributed by atoms with van der Waals surface area (Å²) in [5, 5.41) is 2.60. The van der Waals surface area contributed by atoms with Gasteiger partial charge in [-0.2, -0.15) is 0 Å². The predicted octanol–water partition coefficient (Wildman–Crippen LogP) is 2.70. The van der Waals surface area contributed by atoms with E-state index in [1.807, 2.05) is 12.3 Å². The molecule has 136 valence electrons. The van der Waals surface area contributed by atoms with E-state index in [9.17, 15) is 4.79 Å². The average molecular weight is 342 g/mol. The first-order valence-corrected chi connectivity index (χ1v) is 9.25. The van der Waals surface area contributed by atoms with Crippen LogP contribution in [0.1, 0.15) is 44.1 Å². The number of anilines is 1. The van der Waals surface area contributed by atoms with Crippen molar-refractivity contribution in [1.29, 1.82) is 0 Å². The molecule has 1 amide bonds. The van der Waals surface area contributed by atoms with Gasteiger partial charge in [-0.3, -0.25) is 9.69 Å². The molecule has 0 aromatic carbocycles. The highest BCUT2D eigenvalue weighted by atomic mass is 16.1. The van der Waals surface area contributed by atoms with Crippen LogP contribution >= 0.6 is 0 Å². The molecule has 0 bridgehead atoms. The largest absolute Gasteiger partial charge is 0.368 e. The maximum Gasteiger partial charge on any atom is 0.269 e. The van der Waals surface area contributed by atoms with E-state index in [0.717, 1.165) is 31.9 Å². The van der Waals surface area contributed by atoms with E-state index in [4.69, 9.17) is 0 Å². The fourth-order valence-electron chi connectivity index (χ4n) is 3.77. The summed E-state index contributed by atoms with van der Waals surface area (Å²) in [5.41, 5.74) is 3.48. The monoisotopic (exact) mass is 342 g/mol. The number of nitrogens with zero attached hydrogens (tertiary/aromatic N) is 3. The maximum absolute atomic E-state index is 11.6. The number of carbonyl (C=O) groups excluding carboxylic acids is 1. The molecule has 1 fully saturated rings. The molecule has 5 nitrogen and oxygen atoms in total. The van der Waals surface area contributed by atoms with Crippen LogP contribution in [0.5, 0.6) is 0 Å². The van der Waals surface area contributed by atoms with Crippen LogP contribution in [0.25, 0.3) is 0 Å². The van der Waals surface area contributed by atoms with Gasteiger partial charge in [-0.1, -0.05) is 32.4 Å². The Kier molecular flexibility index (Phi) is 5.13. The van der Waals surface area contributed by atoms with E-state index < -0.39 is 0 Å². The van der Waals surface area contributed by atoms with Gasteiger partial charge >= 0.3 is 0 Å². The molecule has 0 spiro atoms. The van der Waals surface area contributed by atoms with Crippen molar-refractivity contribution in [2.45, 2.75) is 39.7 Å². The van der Waals surface area contributed by atoms with E-state index in [2.05, 4.69) is 46.9 Å². The molecule has 1 atom stereocenters. The number of aromatic nitrogens is 1. The minimum atomic E-state index is -0.139. The van der Waals surface area contributed by atoms with Crippen LogP contribution in [-0.4, -0.2) is 55.1 Å². The summed E-state index contributed by atoms with van der Waals surface area (Å²) in [6.45, 7) is 11.2. The van der Waals surface area contributed by atoms with Crippen molar-refractivity contribution in [3.63, 3.8) is 0 Å². The first-order valence-electron chi connectivity index (χ1n) is 9.25. The Morgan fingerprint density at radius 3 is 2.44 bits per heavy atom. The number of piperazine rings is 1. The van der Waals surface area contributed by atoms with Gasteiger partial charge in [0.2, 0.25) is 0 Å². The van der Waals surface area contributed by atoms with Crippen molar-refractivity contribution in [2.24, 2.45) is 5.41 Å². The summed E-state index contributed by atoms with van der Waals surface area (Å²) >= 11 is 0. The second-order valence-electron chi connectivity index (χ2n) is 8.08. The molecule has 25 heavy (non-hydrogen) atoms. The Hall–Kier alpha value is -1.88. The number of pyridine rings is 1. The highest BCUT2D eigenvalue weighted by Crippen LogP contribution is 2.36. The molecule has 5 heteroatoms. The Morgan fingerprint density at radius 2 is 1.92 bits per heavy atom. The number of nitrogens with one attached hydrogen (secondary N) is 1. The number of amides is 1. The molecule has 1 saturated heterocycles. The highest BCUT2D eigenvalue weighted by molar-refractivity contribution is 5.92. The molecule has 2 aliphatic rings. The van der Waals surface area contributed by atoms with Gasteiger partial charge in [0.05, 0.1) is 11.9 Å². The molecular formula is C20H30N4O. The smallest absolute Gasteiger partial charge is 0.269 e. The van der Waals surface area contributed by atoms with Gasteiger partial charge in [0.25, 0.3) is 5.91 Å². The van der Waals surface area contributed by atoms with E-state index in [1.165, 1.54) is 12.8 Å². The number of hydrogen-bond donors (Lipinski definition) is 1. The van der Waals surface area contributed by atoms with E-state index in [-0.39, 0.29) is 5.91 Å². The van der Waals surface area contributed by atoms with Gasteiger partial charge in [0, 0.05) is 39.3 Å². The zero-order valence-corrected chi connectivity index (χ0v) is 15.9. The topological polar surface area (TPSA) is 48.5 Å². The van der Waals surface area contributed by atoms with Crippen LogP contribution in [0.2, 0.25) is 0 Å². The van der Waals surface area contributed by atoms with Gasteiger partial charge in [0.15, 0.2) is 0 Å². The van der Waals surface area contributed by atoms with Crippen molar-refractivity contribution in [2.75, 3.05) is 38.1 Å². The average Bonchev–Trinajstić information content (AvgIpc) is 3.12. The second kappa shape index (κ2) is 7.16. The molecule has 1 aromatic rings. The molecule has 1 aliphatic heterocycles. The summed E-state index contributed by atoms with van der Waals surface area (Å²) in [4.78, 5) is 20.9. The fourth-order valence-corrected chi connectivity index (χ4v) is 3.77. The normalized spacial score (nSPS) is 22.0. The first kappa shape index (κ1) is 17.9.